The number of imide groups is 1. The van der Waals surface area contributed by atoms with Gasteiger partial charge in [-0.25, -0.2) is 14.5 Å². The quantitative estimate of drug-likeness (QED) is 0.740. The van der Waals surface area contributed by atoms with Gasteiger partial charge in [-0.15, -0.1) is 0 Å². The van der Waals surface area contributed by atoms with Crippen molar-refractivity contribution in [2.24, 2.45) is 0 Å². The van der Waals surface area contributed by atoms with Gasteiger partial charge in [0.2, 0.25) is 5.91 Å². The molecule has 6 nitrogen and oxygen atoms in total. The Kier molecular flexibility index (Phi) is 4.25. The van der Waals surface area contributed by atoms with Crippen LogP contribution in [0.2, 0.25) is 0 Å². The molecule has 17 heavy (non-hydrogen) atoms. The fourth-order valence-corrected chi connectivity index (χ4v) is 1.44. The first-order chi connectivity index (χ1) is 8.01. The van der Waals surface area contributed by atoms with Gasteiger partial charge in [-0.2, -0.15) is 0 Å². The Morgan fingerprint density at radius 2 is 2.12 bits per heavy atom. The van der Waals surface area contributed by atoms with Crippen LogP contribution in [0.5, 0.6) is 0 Å². The highest BCUT2D eigenvalue weighted by molar-refractivity contribution is 6.00. The molecule has 94 valence electrons. The van der Waals surface area contributed by atoms with E-state index >= 15 is 0 Å². The van der Waals surface area contributed by atoms with Crippen LogP contribution >= 0.6 is 0 Å². The average Bonchev–Trinajstić information content (AvgIpc) is 2.28. The lowest BCUT2D eigenvalue weighted by molar-refractivity contribution is -0.139. The zero-order chi connectivity index (χ0) is 13.0. The second kappa shape index (κ2) is 5.47. The van der Waals surface area contributed by atoms with Crippen molar-refractivity contribution >= 4 is 17.9 Å². The highest BCUT2D eigenvalue weighted by atomic mass is 16.5. The van der Waals surface area contributed by atoms with Crippen LogP contribution in [0.1, 0.15) is 27.2 Å². The van der Waals surface area contributed by atoms with Crippen molar-refractivity contribution in [1.29, 1.82) is 0 Å². The first-order valence-electron chi connectivity index (χ1n) is 5.52. The normalized spacial score (nSPS) is 19.5. The van der Waals surface area contributed by atoms with Gasteiger partial charge >= 0.3 is 12.0 Å². The highest BCUT2D eigenvalue weighted by Crippen LogP contribution is 2.14. The van der Waals surface area contributed by atoms with E-state index in [4.69, 9.17) is 4.74 Å². The van der Waals surface area contributed by atoms with Gasteiger partial charge in [0.1, 0.15) is 0 Å². The van der Waals surface area contributed by atoms with E-state index in [-0.39, 0.29) is 24.5 Å². The predicted molar refractivity (Wildman–Crippen MR) is 59.8 cm³/mol. The summed E-state index contributed by atoms with van der Waals surface area (Å²) >= 11 is 0. The first-order valence-corrected chi connectivity index (χ1v) is 5.52. The molecule has 1 aliphatic heterocycles. The number of hydrogen-bond acceptors (Lipinski definition) is 4. The molecule has 0 aromatic carbocycles. The standard InChI is InChI=1S/C11H16N2O4/c1-4-9(14)13-6-8(10(15)17-5-2)7(3)12-11(13)16/h6-7H,4-5H2,1-3H3,(H,12,16). The number of esters is 1. The summed E-state index contributed by atoms with van der Waals surface area (Å²) in [5, 5.41) is 2.53. The van der Waals surface area contributed by atoms with Crippen molar-refractivity contribution in [3.8, 4) is 0 Å². The lowest BCUT2D eigenvalue weighted by Crippen LogP contribution is -2.50. The van der Waals surface area contributed by atoms with Gasteiger partial charge in [0.25, 0.3) is 0 Å². The van der Waals surface area contributed by atoms with Crippen LogP contribution in [0.25, 0.3) is 0 Å². The number of nitrogens with zero attached hydrogens (tertiary/aromatic N) is 1. The third-order valence-corrected chi connectivity index (χ3v) is 2.38. The molecule has 0 saturated heterocycles. The second-order valence-corrected chi connectivity index (χ2v) is 3.59. The topological polar surface area (TPSA) is 75.7 Å². The van der Waals surface area contributed by atoms with Crippen molar-refractivity contribution in [3.63, 3.8) is 0 Å². The van der Waals surface area contributed by atoms with Crippen molar-refractivity contribution in [2.75, 3.05) is 6.61 Å². The molecule has 0 saturated carbocycles. The molecule has 0 spiro atoms. The van der Waals surface area contributed by atoms with Gasteiger partial charge in [0.05, 0.1) is 18.2 Å². The predicted octanol–water partition coefficient (Wildman–Crippen LogP) is 0.784. The monoisotopic (exact) mass is 240 g/mol. The van der Waals surface area contributed by atoms with Crippen molar-refractivity contribution < 1.29 is 19.1 Å². The summed E-state index contributed by atoms with van der Waals surface area (Å²) < 4.78 is 4.85. The Morgan fingerprint density at radius 1 is 1.47 bits per heavy atom. The summed E-state index contributed by atoms with van der Waals surface area (Å²) in [5.41, 5.74) is 0.272. The van der Waals surface area contributed by atoms with E-state index in [0.717, 1.165) is 4.90 Å². The number of rotatable bonds is 3. The summed E-state index contributed by atoms with van der Waals surface area (Å²) in [7, 11) is 0. The number of ether oxygens (including phenoxy) is 1. The van der Waals surface area contributed by atoms with Gasteiger partial charge in [-0.05, 0) is 13.8 Å². The number of carbonyl (C=O) groups is 3. The van der Waals surface area contributed by atoms with Crippen LogP contribution in [0.15, 0.2) is 11.8 Å². The van der Waals surface area contributed by atoms with Gasteiger partial charge in [-0.3, -0.25) is 4.79 Å². The molecule has 1 aliphatic rings. The molecule has 1 N–H and O–H groups in total. The maximum Gasteiger partial charge on any atom is 0.337 e. The van der Waals surface area contributed by atoms with E-state index in [2.05, 4.69) is 5.32 Å². The molecule has 0 fully saturated rings. The number of urea groups is 1. The molecular formula is C11H16N2O4. The average molecular weight is 240 g/mol. The minimum Gasteiger partial charge on any atom is -0.463 e. The van der Waals surface area contributed by atoms with E-state index < -0.39 is 18.0 Å². The number of nitrogens with one attached hydrogen (secondary N) is 1. The maximum absolute atomic E-state index is 11.6. The number of amides is 3. The molecule has 0 aromatic heterocycles. The molecule has 1 unspecified atom stereocenters. The van der Waals surface area contributed by atoms with Crippen molar-refractivity contribution in [1.82, 2.24) is 10.2 Å². The smallest absolute Gasteiger partial charge is 0.337 e. The molecule has 1 atom stereocenters. The molecule has 1 rings (SSSR count). The summed E-state index contributed by atoms with van der Waals surface area (Å²) in [6.45, 7) is 5.25. The Morgan fingerprint density at radius 3 is 2.65 bits per heavy atom. The molecule has 3 amide bonds. The fraction of sp³-hybridized carbons (Fsp3) is 0.545. The first kappa shape index (κ1) is 13.2. The molecule has 6 heteroatoms. The molecular weight excluding hydrogens is 224 g/mol. The molecule has 1 heterocycles. The fourth-order valence-electron chi connectivity index (χ4n) is 1.44. The third-order valence-electron chi connectivity index (χ3n) is 2.38. The molecule has 0 aliphatic carbocycles. The molecule has 0 radical (unpaired) electrons. The van der Waals surface area contributed by atoms with Gasteiger partial charge in [0.15, 0.2) is 0 Å². The SMILES string of the molecule is CCOC(=O)C1=CN(C(=O)CC)C(=O)NC1C. The maximum atomic E-state index is 11.6. The second-order valence-electron chi connectivity index (χ2n) is 3.59. The van der Waals surface area contributed by atoms with Crippen molar-refractivity contribution in [3.05, 3.63) is 11.8 Å². The van der Waals surface area contributed by atoms with Crippen LogP contribution in [0.4, 0.5) is 4.79 Å². The Balaban J connectivity index is 2.97. The summed E-state index contributed by atoms with van der Waals surface area (Å²) in [4.78, 5) is 35.5. The summed E-state index contributed by atoms with van der Waals surface area (Å²) in [6, 6.07) is -0.972. The Labute approximate surface area is 99.6 Å². The zero-order valence-electron chi connectivity index (χ0n) is 10.1. The van der Waals surface area contributed by atoms with E-state index in [1.54, 1.807) is 20.8 Å². The molecule has 0 bridgehead atoms. The van der Waals surface area contributed by atoms with Gasteiger partial charge < -0.3 is 10.1 Å². The third kappa shape index (κ3) is 2.83. The lowest BCUT2D eigenvalue weighted by atomic mass is 10.1. The van der Waals surface area contributed by atoms with E-state index in [1.165, 1.54) is 6.20 Å². The summed E-state index contributed by atoms with van der Waals surface area (Å²) in [6.07, 6.45) is 1.45. The highest BCUT2D eigenvalue weighted by Gasteiger charge is 2.31. The van der Waals surface area contributed by atoms with Gasteiger partial charge in [0, 0.05) is 12.6 Å². The van der Waals surface area contributed by atoms with Crippen LogP contribution in [0.3, 0.4) is 0 Å². The minimum atomic E-state index is -0.520. The van der Waals surface area contributed by atoms with Crippen molar-refractivity contribution in [2.45, 2.75) is 33.2 Å². The Bertz CT molecular complexity index is 376. The number of hydrogen-bond donors (Lipinski definition) is 1. The van der Waals surface area contributed by atoms with Crippen LogP contribution < -0.4 is 5.32 Å². The minimum absolute atomic E-state index is 0.189. The number of carbonyl (C=O) groups excluding carboxylic acids is 3. The largest absolute Gasteiger partial charge is 0.463 e. The lowest BCUT2D eigenvalue weighted by Gasteiger charge is -2.27. The zero-order valence-corrected chi connectivity index (χ0v) is 10.1. The summed E-state index contributed by atoms with van der Waals surface area (Å²) in [5.74, 6) is -0.884. The van der Waals surface area contributed by atoms with Crippen LogP contribution in [-0.4, -0.2) is 35.5 Å². The molecule has 0 aromatic rings. The van der Waals surface area contributed by atoms with E-state index in [0.29, 0.717) is 0 Å². The van der Waals surface area contributed by atoms with E-state index in [1.807, 2.05) is 0 Å². The Hall–Kier alpha value is -1.85. The van der Waals surface area contributed by atoms with E-state index in [9.17, 15) is 14.4 Å². The van der Waals surface area contributed by atoms with Gasteiger partial charge in [-0.1, -0.05) is 6.92 Å². The van der Waals surface area contributed by atoms with Crippen LogP contribution in [-0.2, 0) is 14.3 Å². The van der Waals surface area contributed by atoms with Crippen LogP contribution in [0, 0.1) is 0 Å².